The number of rotatable bonds is 7. The maximum atomic E-state index is 6.88. The predicted octanol–water partition coefficient (Wildman–Crippen LogP) is -1.57. The lowest BCUT2D eigenvalue weighted by Gasteiger charge is -2.13. The number of guanidine groups is 2. The van der Waals surface area contributed by atoms with Crippen molar-refractivity contribution in [2.75, 3.05) is 13.2 Å². The molecule has 0 aliphatic heterocycles. The van der Waals surface area contributed by atoms with E-state index < -0.39 is 6.23 Å². The molecule has 1 unspecified atom stereocenters. The number of hydrogen-bond acceptors (Lipinski definition) is 4. The summed E-state index contributed by atoms with van der Waals surface area (Å²) >= 11 is 0. The second-order valence-corrected chi connectivity index (χ2v) is 2.63. The molecule has 0 amide bonds. The standard InChI is InChI=1S/C7H18N6O2/c1-2-14-4-3-5(12-6(8)9)15-13-7(10)11/h5H,2-4H2,1H3,(H4,8,9,12)(H4,10,11,13). The molecule has 0 aliphatic carbocycles. The SMILES string of the molecule is CCOCCC(N=C(N)N)ONC(=N)N. The van der Waals surface area contributed by atoms with Crippen LogP contribution in [0.15, 0.2) is 4.99 Å². The van der Waals surface area contributed by atoms with Gasteiger partial charge in [-0.15, -0.1) is 0 Å². The van der Waals surface area contributed by atoms with Gasteiger partial charge in [-0.2, -0.15) is 0 Å². The van der Waals surface area contributed by atoms with Gasteiger partial charge in [-0.3, -0.25) is 5.41 Å². The monoisotopic (exact) mass is 218 g/mol. The molecule has 0 heterocycles. The molecule has 0 aromatic heterocycles. The lowest BCUT2D eigenvalue weighted by molar-refractivity contribution is -0.00692. The Kier molecular flexibility index (Phi) is 7.02. The molecule has 0 rings (SSSR count). The number of ether oxygens (including phenoxy) is 1. The molecule has 0 radical (unpaired) electrons. The maximum absolute atomic E-state index is 6.88. The van der Waals surface area contributed by atoms with Crippen LogP contribution >= 0.6 is 0 Å². The van der Waals surface area contributed by atoms with Crippen molar-refractivity contribution in [3.05, 3.63) is 0 Å². The molecular weight excluding hydrogens is 200 g/mol. The highest BCUT2D eigenvalue weighted by Crippen LogP contribution is 1.98. The van der Waals surface area contributed by atoms with Crippen LogP contribution in [0.2, 0.25) is 0 Å². The van der Waals surface area contributed by atoms with Crippen molar-refractivity contribution in [1.29, 1.82) is 5.41 Å². The van der Waals surface area contributed by atoms with Crippen LogP contribution in [0.1, 0.15) is 13.3 Å². The van der Waals surface area contributed by atoms with Crippen molar-refractivity contribution >= 4 is 11.9 Å². The van der Waals surface area contributed by atoms with Gasteiger partial charge in [0.15, 0.2) is 12.2 Å². The van der Waals surface area contributed by atoms with Crippen molar-refractivity contribution in [3.8, 4) is 0 Å². The fourth-order valence-electron chi connectivity index (χ4n) is 0.776. The van der Waals surface area contributed by atoms with Crippen LogP contribution in [0.3, 0.4) is 0 Å². The Morgan fingerprint density at radius 3 is 2.60 bits per heavy atom. The molecule has 0 aromatic rings. The summed E-state index contributed by atoms with van der Waals surface area (Å²) in [6, 6.07) is 0. The fourth-order valence-corrected chi connectivity index (χ4v) is 0.776. The van der Waals surface area contributed by atoms with Gasteiger partial charge >= 0.3 is 0 Å². The maximum Gasteiger partial charge on any atom is 0.210 e. The third-order valence-electron chi connectivity index (χ3n) is 1.31. The number of nitrogens with one attached hydrogen (secondary N) is 2. The van der Waals surface area contributed by atoms with Gasteiger partial charge in [0, 0.05) is 13.0 Å². The van der Waals surface area contributed by atoms with E-state index >= 15 is 0 Å². The van der Waals surface area contributed by atoms with Gasteiger partial charge in [-0.05, 0) is 6.92 Å². The van der Waals surface area contributed by atoms with Crippen molar-refractivity contribution in [3.63, 3.8) is 0 Å². The molecule has 0 aliphatic rings. The molecule has 8 heteroatoms. The molecule has 15 heavy (non-hydrogen) atoms. The van der Waals surface area contributed by atoms with Gasteiger partial charge in [0.05, 0.1) is 6.61 Å². The van der Waals surface area contributed by atoms with Crippen LogP contribution in [-0.2, 0) is 9.57 Å². The van der Waals surface area contributed by atoms with E-state index in [1.807, 2.05) is 6.92 Å². The summed E-state index contributed by atoms with van der Waals surface area (Å²) in [6.07, 6.45) is -0.156. The number of aliphatic imine (C=N–C) groups is 1. The highest BCUT2D eigenvalue weighted by atomic mass is 16.7. The zero-order valence-electron chi connectivity index (χ0n) is 8.69. The first kappa shape index (κ1) is 13.5. The van der Waals surface area contributed by atoms with Gasteiger partial charge in [-0.1, -0.05) is 0 Å². The first-order valence-electron chi connectivity index (χ1n) is 4.48. The minimum atomic E-state index is -0.620. The molecule has 0 saturated heterocycles. The van der Waals surface area contributed by atoms with Crippen LogP contribution in [0.4, 0.5) is 0 Å². The number of nitrogens with zero attached hydrogens (tertiary/aromatic N) is 1. The second-order valence-electron chi connectivity index (χ2n) is 2.63. The summed E-state index contributed by atoms with van der Waals surface area (Å²) in [7, 11) is 0. The lowest BCUT2D eigenvalue weighted by Crippen LogP contribution is -2.36. The zero-order chi connectivity index (χ0) is 11.7. The Bertz CT molecular complexity index is 216. The molecule has 0 saturated carbocycles. The normalized spacial score (nSPS) is 11.8. The third-order valence-corrected chi connectivity index (χ3v) is 1.31. The van der Waals surface area contributed by atoms with E-state index in [-0.39, 0.29) is 11.9 Å². The van der Waals surface area contributed by atoms with E-state index in [1.54, 1.807) is 0 Å². The highest BCUT2D eigenvalue weighted by Gasteiger charge is 2.08. The molecule has 8 nitrogen and oxygen atoms in total. The molecule has 0 spiro atoms. The minimum absolute atomic E-state index is 0.0955. The summed E-state index contributed by atoms with van der Waals surface area (Å²) in [5, 5.41) is 6.88. The first-order chi connectivity index (χ1) is 7.06. The van der Waals surface area contributed by atoms with Crippen molar-refractivity contribution in [2.45, 2.75) is 19.6 Å². The van der Waals surface area contributed by atoms with Crippen LogP contribution in [0.25, 0.3) is 0 Å². The zero-order valence-corrected chi connectivity index (χ0v) is 8.69. The van der Waals surface area contributed by atoms with Gasteiger partial charge in [0.25, 0.3) is 0 Å². The Balaban J connectivity index is 3.95. The molecular formula is C7H18N6O2. The Morgan fingerprint density at radius 2 is 2.13 bits per heavy atom. The smallest absolute Gasteiger partial charge is 0.210 e. The molecule has 1 atom stereocenters. The molecule has 8 N–H and O–H groups in total. The van der Waals surface area contributed by atoms with Crippen LogP contribution in [0, 0.1) is 5.41 Å². The van der Waals surface area contributed by atoms with E-state index in [0.29, 0.717) is 19.6 Å². The average molecular weight is 218 g/mol. The summed E-state index contributed by atoms with van der Waals surface area (Å²) in [6.45, 7) is 2.94. The predicted molar refractivity (Wildman–Crippen MR) is 56.8 cm³/mol. The number of hydroxylamine groups is 1. The summed E-state index contributed by atoms with van der Waals surface area (Å²) in [5.41, 5.74) is 17.6. The summed E-state index contributed by atoms with van der Waals surface area (Å²) < 4.78 is 5.11. The topological polar surface area (TPSA) is 145 Å². The highest BCUT2D eigenvalue weighted by molar-refractivity contribution is 5.75. The van der Waals surface area contributed by atoms with Crippen LogP contribution < -0.4 is 22.7 Å². The minimum Gasteiger partial charge on any atom is -0.382 e. The van der Waals surface area contributed by atoms with E-state index in [2.05, 4.69) is 10.5 Å². The van der Waals surface area contributed by atoms with Crippen LogP contribution in [-0.4, -0.2) is 31.4 Å². The largest absolute Gasteiger partial charge is 0.382 e. The van der Waals surface area contributed by atoms with Gasteiger partial charge < -0.3 is 21.9 Å². The Morgan fingerprint density at radius 1 is 1.47 bits per heavy atom. The lowest BCUT2D eigenvalue weighted by atomic mass is 10.4. The molecule has 0 aromatic carbocycles. The van der Waals surface area contributed by atoms with E-state index in [1.165, 1.54) is 0 Å². The Hall–Kier alpha value is -1.54. The van der Waals surface area contributed by atoms with Gasteiger partial charge in [-0.25, -0.2) is 15.3 Å². The fraction of sp³-hybridized carbons (Fsp3) is 0.714. The second kappa shape index (κ2) is 7.83. The first-order valence-corrected chi connectivity index (χ1v) is 4.48. The quantitative estimate of drug-likeness (QED) is 0.151. The van der Waals surface area contributed by atoms with Crippen molar-refractivity contribution < 1.29 is 9.57 Å². The van der Waals surface area contributed by atoms with Crippen LogP contribution in [0.5, 0.6) is 0 Å². The number of nitrogens with two attached hydrogens (primary N) is 3. The molecule has 0 fully saturated rings. The average Bonchev–Trinajstić information content (AvgIpc) is 2.13. The molecule has 0 bridgehead atoms. The van der Waals surface area contributed by atoms with E-state index in [0.717, 1.165) is 0 Å². The van der Waals surface area contributed by atoms with Crippen molar-refractivity contribution in [2.24, 2.45) is 22.2 Å². The van der Waals surface area contributed by atoms with Gasteiger partial charge in [0.1, 0.15) is 0 Å². The van der Waals surface area contributed by atoms with Crippen molar-refractivity contribution in [1.82, 2.24) is 5.48 Å². The summed E-state index contributed by atoms with van der Waals surface area (Å²) in [5.74, 6) is -0.413. The Labute approximate surface area is 88.3 Å². The summed E-state index contributed by atoms with van der Waals surface area (Å²) in [4.78, 5) is 8.71. The number of hydrogen-bond donors (Lipinski definition) is 5. The molecule has 88 valence electrons. The third kappa shape index (κ3) is 8.78. The van der Waals surface area contributed by atoms with E-state index in [9.17, 15) is 0 Å². The van der Waals surface area contributed by atoms with E-state index in [4.69, 9.17) is 32.2 Å². The van der Waals surface area contributed by atoms with Gasteiger partial charge in [0.2, 0.25) is 5.96 Å².